The monoisotopic (exact) mass is 358 g/mol. The molecular weight excluding hydrogens is 332 g/mol. The molecule has 4 nitrogen and oxygen atoms in total. The van der Waals surface area contributed by atoms with Crippen molar-refractivity contribution in [1.82, 2.24) is 9.55 Å². The van der Waals surface area contributed by atoms with E-state index in [2.05, 4.69) is 59.8 Å². The van der Waals surface area contributed by atoms with Crippen LogP contribution in [0.3, 0.4) is 0 Å². The fourth-order valence-corrected chi connectivity index (χ4v) is 3.93. The van der Waals surface area contributed by atoms with Crippen molar-refractivity contribution in [1.29, 1.82) is 5.26 Å². The largest absolute Gasteiger partial charge is 0.334 e. The molecule has 0 amide bonds. The molecule has 1 unspecified atom stereocenters. The SMILES string of the molecule is CCc1cc(C2(C#N)CC2)ccc1N=C1C=c2c(ncn2C)=CCC1CC. The van der Waals surface area contributed by atoms with Crippen LogP contribution in [-0.4, -0.2) is 15.3 Å². The van der Waals surface area contributed by atoms with E-state index in [1.807, 2.05) is 13.4 Å². The van der Waals surface area contributed by atoms with Crippen LogP contribution in [0.15, 0.2) is 29.5 Å². The van der Waals surface area contributed by atoms with Gasteiger partial charge in [0, 0.05) is 18.7 Å². The van der Waals surface area contributed by atoms with Crippen molar-refractivity contribution in [3.63, 3.8) is 0 Å². The average molecular weight is 358 g/mol. The second kappa shape index (κ2) is 6.81. The van der Waals surface area contributed by atoms with E-state index >= 15 is 0 Å². The third-order valence-electron chi connectivity index (χ3n) is 6.03. The van der Waals surface area contributed by atoms with Gasteiger partial charge in [-0.15, -0.1) is 0 Å². The summed E-state index contributed by atoms with van der Waals surface area (Å²) in [6, 6.07) is 8.92. The van der Waals surface area contributed by atoms with E-state index < -0.39 is 0 Å². The molecule has 0 bridgehead atoms. The number of aromatic nitrogens is 2. The van der Waals surface area contributed by atoms with Crippen LogP contribution < -0.4 is 10.7 Å². The lowest BCUT2D eigenvalue weighted by molar-refractivity contribution is 0.698. The molecule has 27 heavy (non-hydrogen) atoms. The van der Waals surface area contributed by atoms with Gasteiger partial charge in [0.05, 0.1) is 34.2 Å². The minimum Gasteiger partial charge on any atom is -0.334 e. The molecule has 1 saturated carbocycles. The van der Waals surface area contributed by atoms with Gasteiger partial charge in [0.25, 0.3) is 0 Å². The summed E-state index contributed by atoms with van der Waals surface area (Å²) in [7, 11) is 2.03. The fourth-order valence-electron chi connectivity index (χ4n) is 3.93. The molecule has 0 saturated heterocycles. The van der Waals surface area contributed by atoms with Gasteiger partial charge in [0.15, 0.2) is 0 Å². The Morgan fingerprint density at radius 1 is 1.33 bits per heavy atom. The summed E-state index contributed by atoms with van der Waals surface area (Å²) < 4.78 is 2.06. The number of nitrogens with zero attached hydrogens (tertiary/aromatic N) is 4. The molecule has 1 fully saturated rings. The fraction of sp³-hybridized carbons (Fsp3) is 0.435. The number of aryl methyl sites for hydroxylation is 2. The van der Waals surface area contributed by atoms with Crippen LogP contribution in [0.2, 0.25) is 0 Å². The van der Waals surface area contributed by atoms with Crippen molar-refractivity contribution in [3.05, 3.63) is 46.4 Å². The smallest absolute Gasteiger partial charge is 0.0955 e. The zero-order valence-corrected chi connectivity index (χ0v) is 16.4. The first kappa shape index (κ1) is 17.7. The molecule has 0 aliphatic heterocycles. The minimum atomic E-state index is -0.242. The van der Waals surface area contributed by atoms with Crippen molar-refractivity contribution in [2.45, 2.75) is 51.4 Å². The molecule has 4 heteroatoms. The lowest BCUT2D eigenvalue weighted by Gasteiger charge is -2.15. The molecule has 0 spiro atoms. The molecule has 1 aromatic heterocycles. The van der Waals surface area contributed by atoms with Crippen molar-refractivity contribution in [3.8, 4) is 6.07 Å². The van der Waals surface area contributed by atoms with Crippen LogP contribution in [0.4, 0.5) is 5.69 Å². The Labute approximate surface area is 160 Å². The van der Waals surface area contributed by atoms with E-state index in [4.69, 9.17) is 4.99 Å². The molecule has 138 valence electrons. The van der Waals surface area contributed by atoms with E-state index in [1.54, 1.807) is 0 Å². The first-order chi connectivity index (χ1) is 13.1. The van der Waals surface area contributed by atoms with Crippen LogP contribution in [0.25, 0.3) is 12.2 Å². The topological polar surface area (TPSA) is 54.0 Å². The molecule has 0 N–H and O–H groups in total. The lowest BCUT2D eigenvalue weighted by Crippen LogP contribution is -2.29. The Bertz CT molecular complexity index is 1060. The van der Waals surface area contributed by atoms with E-state index in [-0.39, 0.29) is 5.41 Å². The number of fused-ring (bicyclic) bond motifs is 1. The summed E-state index contributed by atoms with van der Waals surface area (Å²) >= 11 is 0. The third kappa shape index (κ3) is 3.12. The van der Waals surface area contributed by atoms with Crippen LogP contribution in [0, 0.1) is 17.2 Å². The van der Waals surface area contributed by atoms with E-state index in [1.165, 1.54) is 5.56 Å². The van der Waals surface area contributed by atoms with Gasteiger partial charge in [0.1, 0.15) is 0 Å². The van der Waals surface area contributed by atoms with Crippen LogP contribution in [0.5, 0.6) is 0 Å². The molecule has 1 atom stereocenters. The summed E-state index contributed by atoms with van der Waals surface area (Å²) in [5.74, 6) is 0.400. The Balaban J connectivity index is 1.81. The highest BCUT2D eigenvalue weighted by molar-refractivity contribution is 6.13. The second-order valence-electron chi connectivity index (χ2n) is 7.74. The van der Waals surface area contributed by atoms with E-state index in [0.29, 0.717) is 5.92 Å². The van der Waals surface area contributed by atoms with Gasteiger partial charge in [-0.3, -0.25) is 4.99 Å². The van der Waals surface area contributed by atoms with Gasteiger partial charge < -0.3 is 4.57 Å². The quantitative estimate of drug-likeness (QED) is 0.842. The summed E-state index contributed by atoms with van der Waals surface area (Å²) in [5.41, 5.74) is 4.30. The van der Waals surface area contributed by atoms with E-state index in [9.17, 15) is 5.26 Å². The van der Waals surface area contributed by atoms with Crippen molar-refractivity contribution in [2.75, 3.05) is 0 Å². The Morgan fingerprint density at radius 2 is 2.15 bits per heavy atom. The molecule has 0 radical (unpaired) electrons. The highest BCUT2D eigenvalue weighted by Crippen LogP contribution is 2.48. The molecule has 2 aliphatic carbocycles. The summed E-state index contributed by atoms with van der Waals surface area (Å²) in [5, 5.41) is 11.7. The maximum absolute atomic E-state index is 9.51. The Morgan fingerprint density at radius 3 is 2.81 bits per heavy atom. The highest BCUT2D eigenvalue weighted by Gasteiger charge is 2.45. The average Bonchev–Trinajstić information content (AvgIpc) is 3.45. The second-order valence-corrected chi connectivity index (χ2v) is 7.74. The Hall–Kier alpha value is -2.67. The van der Waals surface area contributed by atoms with Crippen LogP contribution in [0.1, 0.15) is 50.7 Å². The normalized spacial score (nSPS) is 21.6. The van der Waals surface area contributed by atoms with E-state index in [0.717, 1.165) is 59.8 Å². The zero-order valence-electron chi connectivity index (χ0n) is 16.4. The summed E-state index contributed by atoms with van der Waals surface area (Å²) in [6.07, 6.45) is 11.2. The van der Waals surface area contributed by atoms with Gasteiger partial charge >= 0.3 is 0 Å². The third-order valence-corrected chi connectivity index (χ3v) is 6.03. The summed E-state index contributed by atoms with van der Waals surface area (Å²) in [6.45, 7) is 4.38. The highest BCUT2D eigenvalue weighted by atomic mass is 15.0. The first-order valence-corrected chi connectivity index (χ1v) is 9.92. The van der Waals surface area contributed by atoms with Crippen molar-refractivity contribution < 1.29 is 0 Å². The molecule has 4 rings (SSSR count). The number of imidazole rings is 1. The first-order valence-electron chi connectivity index (χ1n) is 9.92. The van der Waals surface area contributed by atoms with Crippen molar-refractivity contribution in [2.24, 2.45) is 18.0 Å². The lowest BCUT2D eigenvalue weighted by atomic mass is 9.93. The van der Waals surface area contributed by atoms with Gasteiger partial charge in [-0.1, -0.05) is 32.1 Å². The van der Waals surface area contributed by atoms with Crippen molar-refractivity contribution >= 4 is 23.6 Å². The number of hydrogen-bond acceptors (Lipinski definition) is 3. The van der Waals surface area contributed by atoms with Gasteiger partial charge in [-0.05, 0) is 55.4 Å². The van der Waals surface area contributed by atoms with Crippen LogP contribution in [-0.2, 0) is 18.9 Å². The predicted molar refractivity (Wildman–Crippen MR) is 109 cm³/mol. The maximum Gasteiger partial charge on any atom is 0.0955 e. The molecule has 2 aromatic rings. The predicted octanol–water partition coefficient (Wildman–Crippen LogP) is 3.30. The zero-order chi connectivity index (χ0) is 19.0. The molecule has 2 aliphatic rings. The van der Waals surface area contributed by atoms with Crippen LogP contribution >= 0.6 is 0 Å². The standard InChI is InChI=1S/C23H26N4/c1-4-16-6-8-20-22(27(3)15-25-20)13-21(16)26-19-9-7-18(12-17(19)5-2)23(14-24)10-11-23/h7-9,12-13,15-16H,4-6,10-11H2,1-3H3. The Kier molecular flexibility index (Phi) is 4.47. The number of benzene rings is 1. The summed E-state index contributed by atoms with van der Waals surface area (Å²) in [4.78, 5) is 9.61. The number of rotatable bonds is 4. The number of aliphatic imine (C=N–C) groups is 1. The van der Waals surface area contributed by atoms with Gasteiger partial charge in [-0.25, -0.2) is 4.98 Å². The molecule has 1 heterocycles. The maximum atomic E-state index is 9.51. The van der Waals surface area contributed by atoms with Gasteiger partial charge in [0.2, 0.25) is 0 Å². The van der Waals surface area contributed by atoms with Gasteiger partial charge in [-0.2, -0.15) is 5.26 Å². The minimum absolute atomic E-state index is 0.242. The molecule has 1 aromatic carbocycles. The number of nitriles is 1. The molecular formula is C23H26N4. The number of hydrogen-bond donors (Lipinski definition) is 0.